The third-order valence-corrected chi connectivity index (χ3v) is 3.98. The van der Waals surface area contributed by atoms with E-state index in [4.69, 9.17) is 14.8 Å². The number of nitrogens with two attached hydrogens (primary N) is 1. The lowest BCUT2D eigenvalue weighted by Gasteiger charge is -2.23. The van der Waals surface area contributed by atoms with E-state index in [0.29, 0.717) is 6.08 Å². The van der Waals surface area contributed by atoms with Gasteiger partial charge in [-0.3, -0.25) is 9.11 Å². The highest BCUT2D eigenvalue weighted by atomic mass is 32.2. The lowest BCUT2D eigenvalue weighted by atomic mass is 10.1. The van der Waals surface area contributed by atoms with Crippen molar-refractivity contribution in [1.82, 2.24) is 0 Å². The molecular weight excluding hydrogens is 246 g/mol. The van der Waals surface area contributed by atoms with Gasteiger partial charge in [-0.25, -0.2) is 0 Å². The maximum Gasteiger partial charge on any atom is 0.294 e. The topological polar surface area (TPSA) is 135 Å². The summed E-state index contributed by atoms with van der Waals surface area (Å²) in [4.78, 5) is -2.87. The van der Waals surface area contributed by atoms with Crippen LogP contribution in [0.25, 0.3) is 0 Å². The van der Waals surface area contributed by atoms with E-state index in [9.17, 15) is 16.8 Å². The molecule has 86 valence electrons. The Hall–Kier alpha value is -0.740. The van der Waals surface area contributed by atoms with Crippen LogP contribution in [-0.4, -0.2) is 30.8 Å². The van der Waals surface area contributed by atoms with Gasteiger partial charge >= 0.3 is 0 Å². The maximum atomic E-state index is 10.9. The van der Waals surface area contributed by atoms with Gasteiger partial charge in [0.1, 0.15) is 0 Å². The van der Waals surface area contributed by atoms with Gasteiger partial charge in [-0.15, -0.1) is 0 Å². The van der Waals surface area contributed by atoms with Gasteiger partial charge in [0.05, 0.1) is 4.91 Å². The average molecular weight is 255 g/mol. The van der Waals surface area contributed by atoms with Gasteiger partial charge in [0.15, 0.2) is 4.87 Å². The van der Waals surface area contributed by atoms with E-state index >= 15 is 0 Å². The molecule has 1 unspecified atom stereocenters. The van der Waals surface area contributed by atoms with E-state index in [1.165, 1.54) is 0 Å². The van der Waals surface area contributed by atoms with Crippen LogP contribution in [0.2, 0.25) is 0 Å². The van der Waals surface area contributed by atoms with Crippen molar-refractivity contribution in [3.8, 4) is 0 Å². The van der Waals surface area contributed by atoms with E-state index in [-0.39, 0.29) is 6.42 Å². The van der Waals surface area contributed by atoms with Crippen LogP contribution in [0.1, 0.15) is 6.42 Å². The standard InChI is InChI=1S/C6H9NO6S2/c7-6(15(11,12)13)3-1-2-5(4-6)14(8,9)10/h1-2,4H,3,7H2,(H,8,9,10)(H,11,12,13). The fourth-order valence-corrected chi connectivity index (χ4v) is 2.33. The van der Waals surface area contributed by atoms with E-state index in [2.05, 4.69) is 0 Å². The highest BCUT2D eigenvalue weighted by Gasteiger charge is 2.39. The van der Waals surface area contributed by atoms with Gasteiger partial charge in [-0.2, -0.15) is 16.8 Å². The van der Waals surface area contributed by atoms with Gasteiger partial charge in [0, 0.05) is 6.42 Å². The van der Waals surface area contributed by atoms with Crippen molar-refractivity contribution in [1.29, 1.82) is 0 Å². The van der Waals surface area contributed by atoms with Gasteiger partial charge in [0.2, 0.25) is 0 Å². The molecule has 0 saturated carbocycles. The van der Waals surface area contributed by atoms with E-state index in [1.54, 1.807) is 0 Å². The molecule has 0 aromatic heterocycles. The summed E-state index contributed by atoms with van der Waals surface area (Å²) in [5.74, 6) is 0. The minimum atomic E-state index is -4.64. The summed E-state index contributed by atoms with van der Waals surface area (Å²) >= 11 is 0. The number of hydrogen-bond acceptors (Lipinski definition) is 5. The van der Waals surface area contributed by atoms with Gasteiger partial charge in [-0.05, 0) is 12.2 Å². The Morgan fingerprint density at radius 1 is 1.27 bits per heavy atom. The molecule has 9 heteroatoms. The Morgan fingerprint density at radius 2 is 1.80 bits per heavy atom. The zero-order valence-corrected chi connectivity index (χ0v) is 8.99. The monoisotopic (exact) mass is 255 g/mol. The third-order valence-electron chi connectivity index (χ3n) is 1.88. The quantitative estimate of drug-likeness (QED) is 0.553. The normalized spacial score (nSPS) is 27.5. The summed E-state index contributed by atoms with van der Waals surface area (Å²) in [5.41, 5.74) is 5.28. The van der Waals surface area contributed by atoms with Crippen LogP contribution in [0.5, 0.6) is 0 Å². The average Bonchev–Trinajstić information content (AvgIpc) is 2.00. The zero-order valence-electron chi connectivity index (χ0n) is 7.36. The molecule has 1 rings (SSSR count). The fraction of sp³-hybridized carbons (Fsp3) is 0.333. The molecule has 0 aliphatic heterocycles. The minimum absolute atomic E-state index is 0.273. The first kappa shape index (κ1) is 12.3. The van der Waals surface area contributed by atoms with E-state index in [1.807, 2.05) is 0 Å². The highest BCUT2D eigenvalue weighted by molar-refractivity contribution is 7.90. The van der Waals surface area contributed by atoms with Gasteiger partial charge < -0.3 is 5.73 Å². The highest BCUT2D eigenvalue weighted by Crippen LogP contribution is 2.25. The van der Waals surface area contributed by atoms with Gasteiger partial charge in [0.25, 0.3) is 20.2 Å². The molecule has 0 saturated heterocycles. The molecule has 7 nitrogen and oxygen atoms in total. The van der Waals surface area contributed by atoms with Crippen molar-refractivity contribution >= 4 is 20.2 Å². The smallest absolute Gasteiger partial charge is 0.294 e. The first-order chi connectivity index (χ1) is 6.56. The molecule has 0 heterocycles. The van der Waals surface area contributed by atoms with Crippen LogP contribution in [-0.2, 0) is 20.2 Å². The molecule has 1 aliphatic rings. The second-order valence-electron chi connectivity index (χ2n) is 3.06. The Morgan fingerprint density at radius 3 is 2.20 bits per heavy atom. The molecule has 0 fully saturated rings. The molecular formula is C6H9NO6S2. The third kappa shape index (κ3) is 2.44. The maximum absolute atomic E-state index is 10.9. The first-order valence-electron chi connectivity index (χ1n) is 3.69. The van der Waals surface area contributed by atoms with Crippen molar-refractivity contribution in [2.45, 2.75) is 11.3 Å². The molecule has 15 heavy (non-hydrogen) atoms. The summed E-state index contributed by atoms with van der Waals surface area (Å²) in [6, 6.07) is 0. The molecule has 4 N–H and O–H groups in total. The van der Waals surface area contributed by atoms with Crippen LogP contribution >= 0.6 is 0 Å². The molecule has 1 aliphatic carbocycles. The number of allylic oxidation sites excluding steroid dienone is 1. The van der Waals surface area contributed by atoms with Crippen molar-refractivity contribution in [3.05, 3.63) is 23.1 Å². The Kier molecular flexibility index (Phi) is 2.78. The van der Waals surface area contributed by atoms with Crippen molar-refractivity contribution in [3.63, 3.8) is 0 Å². The Bertz CT molecular complexity index is 528. The second-order valence-corrected chi connectivity index (χ2v) is 6.19. The summed E-state index contributed by atoms with van der Waals surface area (Å²) in [7, 11) is -9.18. The molecule has 0 aromatic rings. The molecule has 0 amide bonds. The summed E-state index contributed by atoms with van der Waals surface area (Å²) in [6.07, 6.45) is 2.46. The van der Waals surface area contributed by atoms with E-state index < -0.39 is 30.0 Å². The van der Waals surface area contributed by atoms with Gasteiger partial charge in [-0.1, -0.05) is 6.08 Å². The minimum Gasteiger partial charge on any atom is -0.307 e. The number of rotatable bonds is 2. The predicted molar refractivity (Wildman–Crippen MR) is 51.9 cm³/mol. The van der Waals surface area contributed by atoms with Crippen molar-refractivity contribution in [2.75, 3.05) is 0 Å². The molecule has 0 radical (unpaired) electrons. The fourth-order valence-electron chi connectivity index (χ4n) is 1.05. The first-order valence-corrected chi connectivity index (χ1v) is 6.57. The summed E-state index contributed by atoms with van der Waals surface area (Å²) in [6.45, 7) is 0. The largest absolute Gasteiger partial charge is 0.307 e. The summed E-state index contributed by atoms with van der Waals surface area (Å²) in [5, 5.41) is 0. The van der Waals surface area contributed by atoms with Crippen LogP contribution in [0, 0.1) is 0 Å². The SMILES string of the molecule is NC1(S(=O)(=O)O)C=C(S(=O)(=O)O)C=CC1. The van der Waals surface area contributed by atoms with Crippen LogP contribution in [0.4, 0.5) is 0 Å². The van der Waals surface area contributed by atoms with E-state index in [0.717, 1.165) is 12.2 Å². The lowest BCUT2D eigenvalue weighted by molar-refractivity contribution is 0.447. The second kappa shape index (κ2) is 3.39. The van der Waals surface area contributed by atoms with Crippen molar-refractivity contribution < 1.29 is 25.9 Å². The van der Waals surface area contributed by atoms with Crippen molar-refractivity contribution in [2.24, 2.45) is 5.73 Å². The summed E-state index contributed by atoms with van der Waals surface area (Å²) < 4.78 is 60.6. The predicted octanol–water partition coefficient (Wildman–Crippen LogP) is -0.739. The molecule has 0 bridgehead atoms. The van der Waals surface area contributed by atoms with Crippen LogP contribution in [0.15, 0.2) is 23.1 Å². The Balaban J connectivity index is 3.34. The number of hydrogen-bond donors (Lipinski definition) is 3. The zero-order chi connectivity index (χ0) is 11.9. The molecule has 0 aromatic carbocycles. The van der Waals surface area contributed by atoms with Crippen LogP contribution in [0.3, 0.4) is 0 Å². The lowest BCUT2D eigenvalue weighted by Crippen LogP contribution is -2.46. The Labute approximate surface area is 86.8 Å². The molecule has 1 atom stereocenters. The molecule has 0 spiro atoms. The van der Waals surface area contributed by atoms with Crippen LogP contribution < -0.4 is 5.73 Å².